The van der Waals surface area contributed by atoms with Crippen LogP contribution in [0.5, 0.6) is 0 Å². The molecule has 0 saturated heterocycles. The van der Waals surface area contributed by atoms with Gasteiger partial charge in [0.2, 0.25) is 0 Å². The summed E-state index contributed by atoms with van der Waals surface area (Å²) in [5, 5.41) is 26.1. The lowest BCUT2D eigenvalue weighted by Gasteiger charge is -2.26. The second-order valence-corrected chi connectivity index (χ2v) is 26.2. The van der Waals surface area contributed by atoms with E-state index in [4.69, 9.17) is 38.6 Å². The summed E-state index contributed by atoms with van der Waals surface area (Å²) < 4.78 is 31.5. The number of nitrogens with one attached hydrogen (secondary N) is 1. The molecule has 0 atom stereocenters. The molecule has 1 aromatic rings. The molecule has 0 radical (unpaired) electrons. The number of rotatable bonds is 30. The largest absolute Gasteiger partial charge is 0.481 e. The minimum atomic E-state index is -1.04. The molecule has 0 aromatic heterocycles. The fourth-order valence-electron chi connectivity index (χ4n) is 7.09. The van der Waals surface area contributed by atoms with E-state index in [1.807, 2.05) is 120 Å². The summed E-state index contributed by atoms with van der Waals surface area (Å²) in [6, 6.07) is 10.0. The lowest BCUT2D eigenvalue weighted by atomic mass is 9.86. The van der Waals surface area contributed by atoms with E-state index in [0.29, 0.717) is 71.2 Å². The molecule has 0 aliphatic rings. The quantitative estimate of drug-likeness (QED) is 0.0279. The minimum absolute atomic E-state index is 0.0929. The van der Waals surface area contributed by atoms with Gasteiger partial charge in [-0.15, -0.1) is 0 Å². The zero-order chi connectivity index (χ0) is 65.1. The van der Waals surface area contributed by atoms with Crippen molar-refractivity contribution in [3.63, 3.8) is 0 Å². The Morgan fingerprint density at radius 3 is 0.904 bits per heavy atom. The Balaban J connectivity index is -0.00000105. The number of carbonyl (C=O) groups excluding carboxylic acids is 6. The van der Waals surface area contributed by atoms with Crippen LogP contribution in [0.4, 0.5) is 0 Å². The normalized spacial score (nSPS) is 12.1. The first-order valence-corrected chi connectivity index (χ1v) is 28.6. The predicted octanol–water partition coefficient (Wildman–Crippen LogP) is 11.8. The van der Waals surface area contributed by atoms with E-state index in [1.54, 1.807) is 48.5 Å². The van der Waals surface area contributed by atoms with Crippen LogP contribution in [0, 0.1) is 9.81 Å². The molecule has 1 aromatic carbocycles. The Bertz CT molecular complexity index is 2010. The van der Waals surface area contributed by atoms with Crippen LogP contribution in [0.3, 0.4) is 0 Å². The van der Waals surface area contributed by atoms with Gasteiger partial charge in [-0.1, -0.05) is 54.5 Å². The van der Waals surface area contributed by atoms with Crippen molar-refractivity contribution in [3.05, 3.63) is 45.7 Å². The van der Waals surface area contributed by atoms with Crippen molar-refractivity contribution < 1.29 is 77.0 Å². The smallest absolute Gasteiger partial charge is 0.307 e. The molecule has 22 nitrogen and oxygen atoms in total. The number of nitroso groups, excluding NO2 is 2. The lowest BCUT2D eigenvalue weighted by molar-refractivity contribution is -0.157. The molecular weight excluding hydrogens is 1080 g/mol. The summed E-state index contributed by atoms with van der Waals surface area (Å²) in [5.74, 6) is -3.68. The van der Waals surface area contributed by atoms with Gasteiger partial charge in [-0.25, -0.2) is 0 Å². The number of esters is 6. The van der Waals surface area contributed by atoms with E-state index >= 15 is 0 Å². The molecule has 0 bridgehead atoms. The summed E-state index contributed by atoms with van der Waals surface area (Å²) in [4.78, 5) is 115. The maximum Gasteiger partial charge on any atom is 0.307 e. The first-order valence-electron chi connectivity index (χ1n) is 28.6. The first kappa shape index (κ1) is 81.3. The van der Waals surface area contributed by atoms with Crippen LogP contribution in [0.15, 0.2) is 40.7 Å². The molecule has 3 N–H and O–H groups in total. The Kier molecular flexibility index (Phi) is 38.1. The molecule has 0 aliphatic carbocycles. The molecule has 0 amide bonds. The SMILES string of the molecule is CC(C)(C)OC(=O)CCN(CCC(=O)OC(C)(C)C)Cc1ccccc1.CC(C)(C)OC(=O)CCNCCC(=O)OC(C)(C)C.CCC(CCC(=O)O)(CCC(=O)O)N=O.CCC(CCC(=O)OC(C)(C)C)(CCC(=O)OC(C)(C)C)N=O. The Morgan fingerprint density at radius 2 is 0.663 bits per heavy atom. The van der Waals surface area contributed by atoms with Crippen molar-refractivity contribution in [2.24, 2.45) is 10.4 Å². The van der Waals surface area contributed by atoms with Gasteiger partial charge in [0, 0.05) is 58.4 Å². The average molecular weight is 1180 g/mol. The van der Waals surface area contributed by atoms with Gasteiger partial charge in [-0.3, -0.25) is 43.3 Å². The number of carbonyl (C=O) groups is 8. The number of carboxylic acid groups (broad SMARTS) is 2. The van der Waals surface area contributed by atoms with Gasteiger partial charge in [-0.05, 0) is 169 Å². The van der Waals surface area contributed by atoms with E-state index < -0.39 is 56.6 Å². The van der Waals surface area contributed by atoms with E-state index in [9.17, 15) is 48.2 Å². The van der Waals surface area contributed by atoms with Crippen molar-refractivity contribution in [1.29, 1.82) is 0 Å². The van der Waals surface area contributed by atoms with Crippen LogP contribution in [-0.2, 0) is 73.3 Å². The number of carboxylic acids is 2. The molecule has 22 heteroatoms. The van der Waals surface area contributed by atoms with Gasteiger partial charge in [0.25, 0.3) is 0 Å². The number of hydrogen-bond donors (Lipinski definition) is 3. The molecule has 1 rings (SSSR count). The number of nitrogens with zero attached hydrogens (tertiary/aromatic N) is 3. The summed E-state index contributed by atoms with van der Waals surface area (Å²) in [7, 11) is 0. The van der Waals surface area contributed by atoms with Crippen LogP contribution in [-0.4, -0.2) is 134 Å². The van der Waals surface area contributed by atoms with Crippen LogP contribution in [0.1, 0.15) is 234 Å². The van der Waals surface area contributed by atoms with E-state index in [0.717, 1.165) is 5.56 Å². The fourth-order valence-corrected chi connectivity index (χ4v) is 7.09. The van der Waals surface area contributed by atoms with Crippen LogP contribution in [0.25, 0.3) is 0 Å². The Morgan fingerprint density at radius 1 is 0.410 bits per heavy atom. The molecule has 0 saturated carbocycles. The summed E-state index contributed by atoms with van der Waals surface area (Å²) in [6.07, 6.45) is 2.59. The maximum absolute atomic E-state index is 12.0. The standard InChI is InChI=1S/C21H33NO4.C17H31NO5.C14H27NO4.C9H15NO5/c1-20(2,3)25-18(23)12-14-22(16-17-10-8-7-9-11-17)15-13-19(24)26-21(4,5)6;1-8-17(18-21,11-9-13(19)22-15(2,3)4)12-10-14(20)23-16(5,6)7;1-13(2,3)18-11(16)7-9-15-10-8-12(17)19-14(4,5)6;1-2-9(10-15,5-3-7(11)12)6-4-8(13)14/h7-11H,12-16H2,1-6H3;8-12H2,1-7H3;15H,7-10H2,1-6H3;2-6H2,1H3,(H,11,12)(H,13,14). The Hall–Kier alpha value is -5.90. The Labute approximate surface area is 495 Å². The number of hydrogen-bond acceptors (Lipinski definition) is 20. The highest BCUT2D eigenvalue weighted by Gasteiger charge is 2.34. The van der Waals surface area contributed by atoms with Gasteiger partial charge < -0.3 is 44.0 Å². The van der Waals surface area contributed by atoms with E-state index in [2.05, 4.69) is 20.6 Å². The van der Waals surface area contributed by atoms with Crippen molar-refractivity contribution in [2.45, 2.75) is 280 Å². The molecule has 0 spiro atoms. The van der Waals surface area contributed by atoms with Crippen LogP contribution >= 0.6 is 0 Å². The van der Waals surface area contributed by atoms with Crippen LogP contribution in [0.2, 0.25) is 0 Å². The summed E-state index contributed by atoms with van der Waals surface area (Å²) in [6.45, 7) is 39.1. The minimum Gasteiger partial charge on any atom is -0.481 e. The number of ether oxygens (including phenoxy) is 6. The van der Waals surface area contributed by atoms with Crippen LogP contribution < -0.4 is 5.32 Å². The van der Waals surface area contributed by atoms with Gasteiger partial charge in [0.1, 0.15) is 44.7 Å². The topological polar surface area (TPSA) is 307 Å². The molecule has 0 fully saturated rings. The highest BCUT2D eigenvalue weighted by atomic mass is 16.6. The lowest BCUT2D eigenvalue weighted by Crippen LogP contribution is -2.32. The van der Waals surface area contributed by atoms with Gasteiger partial charge in [0.05, 0.1) is 25.7 Å². The third-order valence-electron chi connectivity index (χ3n) is 10.9. The molecule has 0 unspecified atom stereocenters. The highest BCUT2D eigenvalue weighted by molar-refractivity contribution is 5.72. The van der Waals surface area contributed by atoms with E-state index in [-0.39, 0.29) is 87.2 Å². The molecule has 0 aliphatic heterocycles. The van der Waals surface area contributed by atoms with Gasteiger partial charge >= 0.3 is 47.8 Å². The van der Waals surface area contributed by atoms with Crippen molar-refractivity contribution in [1.82, 2.24) is 10.2 Å². The third kappa shape index (κ3) is 51.5. The average Bonchev–Trinajstić information content (AvgIpc) is 3.30. The second kappa shape index (κ2) is 38.9. The van der Waals surface area contributed by atoms with Gasteiger partial charge in [0.15, 0.2) is 0 Å². The fraction of sp³-hybridized carbons (Fsp3) is 0.770. The first-order chi connectivity index (χ1) is 37.7. The molecule has 83 heavy (non-hydrogen) atoms. The zero-order valence-corrected chi connectivity index (χ0v) is 54.1. The maximum atomic E-state index is 12.0. The zero-order valence-electron chi connectivity index (χ0n) is 54.1. The highest BCUT2D eigenvalue weighted by Crippen LogP contribution is 2.30. The van der Waals surface area contributed by atoms with Gasteiger partial charge in [-0.2, -0.15) is 9.81 Å². The summed E-state index contributed by atoms with van der Waals surface area (Å²) in [5.41, 5.74) is -3.84. The monoisotopic (exact) mass is 1180 g/mol. The van der Waals surface area contributed by atoms with Crippen molar-refractivity contribution in [3.8, 4) is 0 Å². The van der Waals surface area contributed by atoms with Crippen molar-refractivity contribution >= 4 is 47.8 Å². The van der Waals surface area contributed by atoms with Crippen molar-refractivity contribution in [2.75, 3.05) is 26.2 Å². The molecular formula is C61H106N4O18. The van der Waals surface area contributed by atoms with E-state index in [1.165, 1.54) is 0 Å². The number of benzene rings is 1. The third-order valence-corrected chi connectivity index (χ3v) is 10.9. The molecule has 478 valence electrons. The number of aliphatic carboxylic acids is 2. The molecule has 0 heterocycles. The second-order valence-electron chi connectivity index (χ2n) is 26.2. The summed E-state index contributed by atoms with van der Waals surface area (Å²) >= 11 is 0. The predicted molar refractivity (Wildman–Crippen MR) is 318 cm³/mol.